The lowest BCUT2D eigenvalue weighted by atomic mass is 10.1. The zero-order valence-electron chi connectivity index (χ0n) is 20.2. The minimum absolute atomic E-state index is 0.0562. The van der Waals surface area contributed by atoms with Gasteiger partial charge in [-0.25, -0.2) is 9.97 Å². The average molecular weight is 471 g/mol. The van der Waals surface area contributed by atoms with Crippen molar-refractivity contribution in [1.82, 2.24) is 29.3 Å². The fourth-order valence-electron chi connectivity index (χ4n) is 6.03. The number of pyridine rings is 1. The summed E-state index contributed by atoms with van der Waals surface area (Å²) in [6, 6.07) is 10.5. The number of fused-ring (bicyclic) bond motifs is 3. The van der Waals surface area contributed by atoms with Crippen molar-refractivity contribution in [2.24, 2.45) is 18.9 Å². The van der Waals surface area contributed by atoms with Gasteiger partial charge in [-0.1, -0.05) is 0 Å². The van der Waals surface area contributed by atoms with Gasteiger partial charge in [0.2, 0.25) is 0 Å². The topological polar surface area (TPSA) is 77.2 Å². The molecule has 2 aliphatic heterocycles. The second-order valence-electron chi connectivity index (χ2n) is 10.4. The molecule has 0 spiro atoms. The quantitative estimate of drug-likeness (QED) is 0.484. The van der Waals surface area contributed by atoms with Crippen LogP contribution in [-0.2, 0) is 13.6 Å². The summed E-state index contributed by atoms with van der Waals surface area (Å²) in [5, 5.41) is 4.65. The van der Waals surface area contributed by atoms with Crippen LogP contribution in [0.25, 0.3) is 33.6 Å². The fourth-order valence-corrected chi connectivity index (χ4v) is 6.03. The SMILES string of the molecule is COc1cc(C(=O)N2CC3NCC[C@H]3C2)cc2nc(-c3cc4cccnc4n3CC3CC3)n(C)c12. The summed E-state index contributed by atoms with van der Waals surface area (Å²) in [7, 11) is 3.68. The van der Waals surface area contributed by atoms with Crippen LogP contribution in [0, 0.1) is 11.8 Å². The molecule has 5 heterocycles. The Labute approximate surface area is 203 Å². The van der Waals surface area contributed by atoms with E-state index in [9.17, 15) is 4.79 Å². The summed E-state index contributed by atoms with van der Waals surface area (Å²) in [6.45, 7) is 3.59. The summed E-state index contributed by atoms with van der Waals surface area (Å²) in [4.78, 5) is 25.2. The van der Waals surface area contributed by atoms with Gasteiger partial charge in [0.15, 0.2) is 5.82 Å². The Kier molecular flexibility index (Phi) is 4.67. The lowest BCUT2D eigenvalue weighted by Gasteiger charge is -2.18. The van der Waals surface area contributed by atoms with E-state index in [1.807, 2.05) is 36.3 Å². The van der Waals surface area contributed by atoms with Crippen LogP contribution in [0.1, 0.15) is 29.6 Å². The molecule has 180 valence electrons. The first-order chi connectivity index (χ1) is 17.1. The largest absolute Gasteiger partial charge is 0.494 e. The van der Waals surface area contributed by atoms with Crippen LogP contribution >= 0.6 is 0 Å². The maximum Gasteiger partial charge on any atom is 0.254 e. The number of rotatable bonds is 5. The number of methoxy groups -OCH3 is 1. The number of amides is 1. The molecule has 8 nitrogen and oxygen atoms in total. The second kappa shape index (κ2) is 7.81. The van der Waals surface area contributed by atoms with E-state index in [0.29, 0.717) is 29.2 Å². The Morgan fingerprint density at radius 3 is 2.89 bits per heavy atom. The van der Waals surface area contributed by atoms with Crippen molar-refractivity contribution in [3.8, 4) is 17.3 Å². The number of hydrogen-bond donors (Lipinski definition) is 1. The lowest BCUT2D eigenvalue weighted by Crippen LogP contribution is -2.33. The van der Waals surface area contributed by atoms with E-state index in [0.717, 1.165) is 66.2 Å². The Bertz CT molecular complexity index is 1450. The third-order valence-electron chi connectivity index (χ3n) is 8.07. The Morgan fingerprint density at radius 1 is 1.20 bits per heavy atom. The molecular formula is C27H30N6O2. The number of likely N-dealkylation sites (tertiary alicyclic amines) is 1. The van der Waals surface area contributed by atoms with Crippen LogP contribution in [0.4, 0.5) is 0 Å². The molecule has 8 heteroatoms. The van der Waals surface area contributed by atoms with Gasteiger partial charge in [-0.05, 0) is 68.0 Å². The molecule has 3 aromatic heterocycles. The van der Waals surface area contributed by atoms with E-state index in [2.05, 4.69) is 31.6 Å². The van der Waals surface area contributed by atoms with Crippen LogP contribution in [-0.4, -0.2) is 62.7 Å². The van der Waals surface area contributed by atoms with Crippen molar-refractivity contribution in [3.63, 3.8) is 0 Å². The van der Waals surface area contributed by atoms with E-state index >= 15 is 0 Å². The molecule has 7 rings (SSSR count). The number of hydrogen-bond acceptors (Lipinski definition) is 5. The fraction of sp³-hybridized carbons (Fsp3) is 0.444. The predicted octanol–water partition coefficient (Wildman–Crippen LogP) is 3.44. The minimum atomic E-state index is 0.0562. The van der Waals surface area contributed by atoms with Crippen molar-refractivity contribution in [2.45, 2.75) is 31.8 Å². The van der Waals surface area contributed by atoms with Crippen LogP contribution in [0.2, 0.25) is 0 Å². The minimum Gasteiger partial charge on any atom is -0.494 e. The molecule has 3 aliphatic rings. The molecule has 3 fully saturated rings. The number of benzene rings is 1. The number of nitrogens with zero attached hydrogens (tertiary/aromatic N) is 5. The van der Waals surface area contributed by atoms with Crippen LogP contribution < -0.4 is 10.1 Å². The highest BCUT2D eigenvalue weighted by molar-refractivity contribution is 6.00. The molecule has 0 radical (unpaired) electrons. The van der Waals surface area contributed by atoms with Gasteiger partial charge in [-0.15, -0.1) is 0 Å². The monoisotopic (exact) mass is 470 g/mol. The molecule has 1 saturated carbocycles. The zero-order chi connectivity index (χ0) is 23.7. The number of aryl methyl sites for hydroxylation is 1. The highest BCUT2D eigenvalue weighted by Gasteiger charge is 2.38. The van der Waals surface area contributed by atoms with Gasteiger partial charge >= 0.3 is 0 Å². The molecule has 35 heavy (non-hydrogen) atoms. The summed E-state index contributed by atoms with van der Waals surface area (Å²) in [5.74, 6) is 2.86. The van der Waals surface area contributed by atoms with Crippen LogP contribution in [0.3, 0.4) is 0 Å². The standard InChI is InChI=1S/C27H30N6O2/c1-31-24-20(10-19(12-23(24)35-2)27(34)32-14-18-7-9-28-21(18)15-32)30-26(31)22-11-17-4-3-8-29-25(17)33(22)13-16-5-6-16/h3-4,8,10-12,16,18,21,28H,5-7,9,13-15H2,1-2H3/t18-,21?/m0/s1. The molecule has 2 atom stereocenters. The maximum atomic E-state index is 13.4. The molecule has 0 bridgehead atoms. The number of nitrogens with one attached hydrogen (secondary N) is 1. The van der Waals surface area contributed by atoms with Crippen molar-refractivity contribution in [3.05, 3.63) is 42.1 Å². The number of aromatic nitrogens is 4. The molecule has 1 N–H and O–H groups in total. The van der Waals surface area contributed by atoms with Crippen molar-refractivity contribution >= 4 is 28.0 Å². The van der Waals surface area contributed by atoms with Gasteiger partial charge in [-0.2, -0.15) is 0 Å². The maximum absolute atomic E-state index is 13.4. The van der Waals surface area contributed by atoms with Crippen molar-refractivity contribution in [1.29, 1.82) is 0 Å². The van der Waals surface area contributed by atoms with Gasteiger partial charge < -0.3 is 24.1 Å². The third-order valence-corrected chi connectivity index (χ3v) is 8.07. The predicted molar refractivity (Wildman–Crippen MR) is 135 cm³/mol. The van der Waals surface area contributed by atoms with Gasteiger partial charge in [-0.3, -0.25) is 4.79 Å². The zero-order valence-corrected chi connectivity index (χ0v) is 20.2. The van der Waals surface area contributed by atoms with Gasteiger partial charge in [0.05, 0.1) is 18.3 Å². The number of imidazole rings is 1. The molecule has 1 aromatic carbocycles. The Balaban J connectivity index is 1.32. The lowest BCUT2D eigenvalue weighted by molar-refractivity contribution is 0.0782. The van der Waals surface area contributed by atoms with Gasteiger partial charge in [0, 0.05) is 49.9 Å². The molecule has 2 saturated heterocycles. The highest BCUT2D eigenvalue weighted by Crippen LogP contribution is 2.37. The average Bonchev–Trinajstić information content (AvgIpc) is 3.17. The summed E-state index contributed by atoms with van der Waals surface area (Å²) in [6.07, 6.45) is 5.53. The van der Waals surface area contributed by atoms with E-state index in [1.54, 1.807) is 7.11 Å². The molecule has 1 aliphatic carbocycles. The number of ether oxygens (including phenoxy) is 1. The molecule has 1 amide bonds. The van der Waals surface area contributed by atoms with E-state index < -0.39 is 0 Å². The first-order valence-corrected chi connectivity index (χ1v) is 12.6. The second-order valence-corrected chi connectivity index (χ2v) is 10.4. The highest BCUT2D eigenvalue weighted by atomic mass is 16.5. The van der Waals surface area contributed by atoms with Gasteiger partial charge in [0.25, 0.3) is 5.91 Å². The first kappa shape index (κ1) is 20.9. The van der Waals surface area contributed by atoms with Gasteiger partial charge in [0.1, 0.15) is 16.9 Å². The van der Waals surface area contributed by atoms with Crippen molar-refractivity contribution < 1.29 is 9.53 Å². The van der Waals surface area contributed by atoms with Crippen LogP contribution in [0.5, 0.6) is 5.75 Å². The molecule has 1 unspecified atom stereocenters. The van der Waals surface area contributed by atoms with E-state index in [1.165, 1.54) is 12.8 Å². The Hall–Kier alpha value is -3.39. The first-order valence-electron chi connectivity index (χ1n) is 12.6. The van der Waals surface area contributed by atoms with Crippen molar-refractivity contribution in [2.75, 3.05) is 26.7 Å². The molecule has 4 aromatic rings. The summed E-state index contributed by atoms with van der Waals surface area (Å²) < 4.78 is 10.2. The van der Waals surface area contributed by atoms with E-state index in [4.69, 9.17) is 9.72 Å². The smallest absolute Gasteiger partial charge is 0.254 e. The number of carbonyl (C=O) groups is 1. The normalized spacial score (nSPS) is 21.8. The Morgan fingerprint density at radius 2 is 2.09 bits per heavy atom. The van der Waals surface area contributed by atoms with E-state index in [-0.39, 0.29) is 5.91 Å². The summed E-state index contributed by atoms with van der Waals surface area (Å²) >= 11 is 0. The van der Waals surface area contributed by atoms with Crippen LogP contribution in [0.15, 0.2) is 36.5 Å². The third kappa shape index (κ3) is 3.34. The molecular weight excluding hydrogens is 440 g/mol. The number of carbonyl (C=O) groups excluding carboxylic acids is 1. The summed E-state index contributed by atoms with van der Waals surface area (Å²) in [5.41, 5.74) is 4.36.